The van der Waals surface area contributed by atoms with E-state index in [1.807, 2.05) is 54.3 Å². The predicted molar refractivity (Wildman–Crippen MR) is 116 cm³/mol. The molecule has 3 N–H and O–H groups in total. The van der Waals surface area contributed by atoms with Crippen molar-refractivity contribution in [3.8, 4) is 0 Å². The van der Waals surface area contributed by atoms with E-state index in [4.69, 9.17) is 5.73 Å². The lowest BCUT2D eigenvalue weighted by Gasteiger charge is -2.23. The number of hydrogen-bond donors (Lipinski definition) is 2. The molecule has 0 spiro atoms. The highest BCUT2D eigenvalue weighted by molar-refractivity contribution is 5.98. The van der Waals surface area contributed by atoms with E-state index in [2.05, 4.69) is 11.4 Å². The first kappa shape index (κ1) is 21.9. The van der Waals surface area contributed by atoms with Crippen LogP contribution in [0.1, 0.15) is 37.8 Å². The maximum Gasteiger partial charge on any atom is 0.244 e. The second-order valence-corrected chi connectivity index (χ2v) is 7.42. The SMILES string of the molecule is CCCC(C)(N)C(=O)Nc1ccc(CC(=O)N2CCc3ccccc32)cc1.Cl. The van der Waals surface area contributed by atoms with Gasteiger partial charge in [0.15, 0.2) is 0 Å². The molecule has 2 aromatic carbocycles. The number of nitrogens with one attached hydrogen (secondary N) is 1. The minimum absolute atomic E-state index is 0. The number of fused-ring (bicyclic) bond motifs is 1. The summed E-state index contributed by atoms with van der Waals surface area (Å²) in [5, 5.41) is 2.86. The zero-order valence-corrected chi connectivity index (χ0v) is 17.2. The molecule has 2 amide bonds. The summed E-state index contributed by atoms with van der Waals surface area (Å²) >= 11 is 0. The second-order valence-electron chi connectivity index (χ2n) is 7.42. The van der Waals surface area contributed by atoms with Crippen LogP contribution in [-0.2, 0) is 22.4 Å². The van der Waals surface area contributed by atoms with Crippen LogP contribution in [0.2, 0.25) is 0 Å². The van der Waals surface area contributed by atoms with E-state index >= 15 is 0 Å². The molecule has 5 nitrogen and oxygen atoms in total. The summed E-state index contributed by atoms with van der Waals surface area (Å²) in [6.07, 6.45) is 2.72. The van der Waals surface area contributed by atoms with Gasteiger partial charge >= 0.3 is 0 Å². The summed E-state index contributed by atoms with van der Waals surface area (Å²) < 4.78 is 0. The number of carbonyl (C=O) groups excluding carboxylic acids is 2. The van der Waals surface area contributed by atoms with Gasteiger partial charge in [-0.1, -0.05) is 43.7 Å². The van der Waals surface area contributed by atoms with Gasteiger partial charge in [0.1, 0.15) is 0 Å². The standard InChI is InChI=1S/C22H27N3O2.ClH/c1-3-13-22(2,23)21(27)24-18-10-8-16(9-11-18)15-20(26)25-14-12-17-6-4-5-7-19(17)25;/h4-11H,3,12-15,23H2,1-2H3,(H,24,27);1H. The van der Waals surface area contributed by atoms with Gasteiger partial charge < -0.3 is 16.0 Å². The Labute approximate surface area is 172 Å². The zero-order valence-electron chi connectivity index (χ0n) is 16.4. The van der Waals surface area contributed by atoms with E-state index in [1.54, 1.807) is 6.92 Å². The molecule has 1 aliphatic rings. The van der Waals surface area contributed by atoms with E-state index in [-0.39, 0.29) is 24.2 Å². The van der Waals surface area contributed by atoms with E-state index in [1.165, 1.54) is 5.56 Å². The molecule has 0 bridgehead atoms. The first-order valence-corrected chi connectivity index (χ1v) is 9.48. The Kier molecular flexibility index (Phi) is 7.22. The van der Waals surface area contributed by atoms with Crippen molar-refractivity contribution in [2.45, 2.75) is 45.1 Å². The number of anilines is 2. The highest BCUT2D eigenvalue weighted by Crippen LogP contribution is 2.28. The fourth-order valence-electron chi connectivity index (χ4n) is 3.48. The first-order valence-electron chi connectivity index (χ1n) is 9.48. The molecule has 1 aliphatic heterocycles. The number of carbonyl (C=O) groups is 2. The third-order valence-corrected chi connectivity index (χ3v) is 5.04. The topological polar surface area (TPSA) is 75.4 Å². The fourth-order valence-corrected chi connectivity index (χ4v) is 3.48. The third-order valence-electron chi connectivity index (χ3n) is 5.04. The van der Waals surface area contributed by atoms with Crippen molar-refractivity contribution in [3.63, 3.8) is 0 Å². The molecule has 1 unspecified atom stereocenters. The molecule has 0 aromatic heterocycles. The summed E-state index contributed by atoms with van der Waals surface area (Å²) in [5.41, 5.74) is 9.03. The molecule has 3 rings (SSSR count). The highest BCUT2D eigenvalue weighted by Gasteiger charge is 2.27. The summed E-state index contributed by atoms with van der Waals surface area (Å²) in [7, 11) is 0. The predicted octanol–water partition coefficient (Wildman–Crippen LogP) is 3.70. The maximum atomic E-state index is 12.7. The molecule has 28 heavy (non-hydrogen) atoms. The Bertz CT molecular complexity index is 834. The van der Waals surface area contributed by atoms with Crippen molar-refractivity contribution in [1.82, 2.24) is 0 Å². The number of nitrogens with zero attached hydrogens (tertiary/aromatic N) is 1. The van der Waals surface area contributed by atoms with Crippen LogP contribution in [0.25, 0.3) is 0 Å². The molecule has 0 aliphatic carbocycles. The van der Waals surface area contributed by atoms with Gasteiger partial charge in [0, 0.05) is 17.9 Å². The van der Waals surface area contributed by atoms with Gasteiger partial charge in [-0.2, -0.15) is 0 Å². The maximum absolute atomic E-state index is 12.7. The van der Waals surface area contributed by atoms with Crippen molar-refractivity contribution in [1.29, 1.82) is 0 Å². The third kappa shape index (κ3) is 4.91. The number of benzene rings is 2. The molecule has 2 aromatic rings. The molecule has 0 radical (unpaired) electrons. The van der Waals surface area contributed by atoms with Gasteiger partial charge in [0.25, 0.3) is 0 Å². The molecule has 0 saturated heterocycles. The van der Waals surface area contributed by atoms with E-state index < -0.39 is 5.54 Å². The Balaban J connectivity index is 0.00000280. The minimum Gasteiger partial charge on any atom is -0.325 e. The van der Waals surface area contributed by atoms with Crippen LogP contribution in [0.3, 0.4) is 0 Å². The van der Waals surface area contributed by atoms with Crippen molar-refractivity contribution >= 4 is 35.6 Å². The summed E-state index contributed by atoms with van der Waals surface area (Å²) in [5.74, 6) is -0.101. The van der Waals surface area contributed by atoms with Gasteiger partial charge in [-0.15, -0.1) is 12.4 Å². The van der Waals surface area contributed by atoms with Crippen LogP contribution in [0.5, 0.6) is 0 Å². The molecule has 0 fully saturated rings. The number of nitrogens with two attached hydrogens (primary N) is 1. The normalized spacial score (nSPS) is 14.6. The average molecular weight is 402 g/mol. The van der Waals surface area contributed by atoms with Gasteiger partial charge in [0.05, 0.1) is 12.0 Å². The van der Waals surface area contributed by atoms with Crippen LogP contribution in [0, 0.1) is 0 Å². The highest BCUT2D eigenvalue weighted by atomic mass is 35.5. The molecule has 6 heteroatoms. The zero-order chi connectivity index (χ0) is 19.4. The van der Waals surface area contributed by atoms with Crippen LogP contribution >= 0.6 is 12.4 Å². The van der Waals surface area contributed by atoms with Crippen LogP contribution in [-0.4, -0.2) is 23.9 Å². The molecular weight excluding hydrogens is 374 g/mol. The van der Waals surface area contributed by atoms with Crippen LogP contribution in [0.4, 0.5) is 11.4 Å². The molecule has 1 atom stereocenters. The van der Waals surface area contributed by atoms with Crippen molar-refractivity contribution in [2.75, 3.05) is 16.8 Å². The van der Waals surface area contributed by atoms with Crippen LogP contribution < -0.4 is 16.0 Å². The van der Waals surface area contributed by atoms with Gasteiger partial charge in [0.2, 0.25) is 11.8 Å². The lowest BCUT2D eigenvalue weighted by molar-refractivity contribution is -0.121. The number of para-hydroxylation sites is 1. The number of rotatable bonds is 6. The molecule has 0 saturated carbocycles. The monoisotopic (exact) mass is 401 g/mol. The number of hydrogen-bond acceptors (Lipinski definition) is 3. The Morgan fingerprint density at radius 1 is 1.14 bits per heavy atom. The van der Waals surface area contributed by atoms with Crippen LogP contribution in [0.15, 0.2) is 48.5 Å². The summed E-state index contributed by atoms with van der Waals surface area (Å²) in [6, 6.07) is 15.4. The largest absolute Gasteiger partial charge is 0.325 e. The van der Waals surface area contributed by atoms with E-state index in [0.29, 0.717) is 18.5 Å². The minimum atomic E-state index is -0.882. The molecule has 1 heterocycles. The van der Waals surface area contributed by atoms with Gasteiger partial charge in [-0.3, -0.25) is 9.59 Å². The fraction of sp³-hybridized carbons (Fsp3) is 0.364. The van der Waals surface area contributed by atoms with Crippen molar-refractivity contribution in [3.05, 3.63) is 59.7 Å². The van der Waals surface area contributed by atoms with Crippen molar-refractivity contribution < 1.29 is 9.59 Å². The Morgan fingerprint density at radius 2 is 1.82 bits per heavy atom. The lowest BCUT2D eigenvalue weighted by atomic mass is 9.96. The Hall–Kier alpha value is -2.37. The Morgan fingerprint density at radius 3 is 2.50 bits per heavy atom. The van der Waals surface area contributed by atoms with Gasteiger partial charge in [-0.25, -0.2) is 0 Å². The quantitative estimate of drug-likeness (QED) is 0.774. The van der Waals surface area contributed by atoms with E-state index in [9.17, 15) is 9.59 Å². The summed E-state index contributed by atoms with van der Waals surface area (Å²) in [6.45, 7) is 4.48. The van der Waals surface area contributed by atoms with E-state index in [0.717, 1.165) is 30.6 Å². The first-order chi connectivity index (χ1) is 12.9. The molecule has 150 valence electrons. The molecular formula is C22H28ClN3O2. The van der Waals surface area contributed by atoms with Gasteiger partial charge in [-0.05, 0) is 49.1 Å². The lowest BCUT2D eigenvalue weighted by Crippen LogP contribution is -2.48. The number of amides is 2. The number of halogens is 1. The summed E-state index contributed by atoms with van der Waals surface area (Å²) in [4.78, 5) is 26.8. The van der Waals surface area contributed by atoms with Crippen molar-refractivity contribution in [2.24, 2.45) is 5.73 Å². The average Bonchev–Trinajstić information content (AvgIpc) is 3.07. The second kappa shape index (κ2) is 9.22. The smallest absolute Gasteiger partial charge is 0.244 e.